The molecule has 0 atom stereocenters. The van der Waals surface area contributed by atoms with Gasteiger partial charge in [-0.1, -0.05) is 0 Å². The molecule has 0 aliphatic heterocycles. The van der Waals surface area contributed by atoms with Crippen LogP contribution in [0.15, 0.2) is 41.4 Å². The van der Waals surface area contributed by atoms with Crippen LogP contribution < -0.4 is 4.74 Å². The lowest BCUT2D eigenvalue weighted by molar-refractivity contribution is 0.108. The number of thiophene rings is 1. The number of ether oxygens (including phenoxy) is 1. The molecule has 3 aromatic heterocycles. The van der Waals surface area contributed by atoms with Crippen LogP contribution in [0, 0.1) is 0 Å². The van der Waals surface area contributed by atoms with Crippen LogP contribution in [0.2, 0.25) is 0 Å². The van der Waals surface area contributed by atoms with Gasteiger partial charge in [-0.2, -0.15) is 0 Å². The third kappa shape index (κ3) is 3.14. The average molecular weight is 395 g/mol. The normalized spacial score (nSPS) is 20.2. The molecule has 0 spiro atoms. The number of fused-ring (bicyclic) bond motifs is 3. The highest BCUT2D eigenvalue weighted by Gasteiger charge is 2.25. The molecule has 0 N–H and O–H groups in total. The summed E-state index contributed by atoms with van der Waals surface area (Å²) in [6, 6.07) is 6.86. The molecule has 0 bridgehead atoms. The summed E-state index contributed by atoms with van der Waals surface area (Å²) in [7, 11) is 4.31. The predicted octanol–water partition coefficient (Wildman–Crippen LogP) is 4.75. The molecule has 144 valence electrons. The van der Waals surface area contributed by atoms with E-state index in [1.165, 1.54) is 0 Å². The summed E-state index contributed by atoms with van der Waals surface area (Å²) in [5, 5.41) is 2.08. The first-order valence-corrected chi connectivity index (χ1v) is 10.4. The first-order chi connectivity index (χ1) is 13.7. The highest BCUT2D eigenvalue weighted by atomic mass is 32.1. The lowest BCUT2D eigenvalue weighted by Crippen LogP contribution is -2.35. The molecule has 1 aliphatic rings. The molecular formula is C21H22N4O2S. The molecule has 1 aromatic carbocycles. The zero-order chi connectivity index (χ0) is 19.1. The lowest BCUT2D eigenvalue weighted by atomic mass is 9.92. The van der Waals surface area contributed by atoms with Gasteiger partial charge in [0.25, 0.3) is 0 Å². The van der Waals surface area contributed by atoms with Gasteiger partial charge in [0.15, 0.2) is 0 Å². The second-order valence-electron chi connectivity index (χ2n) is 7.52. The summed E-state index contributed by atoms with van der Waals surface area (Å²) < 4.78 is 13.0. The minimum absolute atomic E-state index is 0.208. The fourth-order valence-corrected chi connectivity index (χ4v) is 5.02. The number of oxazole rings is 1. The molecular weight excluding hydrogens is 372 g/mol. The molecule has 7 heteroatoms. The zero-order valence-corrected chi connectivity index (χ0v) is 16.8. The van der Waals surface area contributed by atoms with Crippen LogP contribution in [0.5, 0.6) is 5.88 Å². The quantitative estimate of drug-likeness (QED) is 0.498. The number of hydrogen-bond donors (Lipinski definition) is 0. The smallest absolute Gasteiger partial charge is 0.226 e. The maximum atomic E-state index is 6.39. The number of rotatable bonds is 4. The molecule has 6 nitrogen and oxygen atoms in total. The van der Waals surface area contributed by atoms with Crippen molar-refractivity contribution in [2.75, 3.05) is 14.1 Å². The van der Waals surface area contributed by atoms with Gasteiger partial charge in [0, 0.05) is 21.7 Å². The highest BCUT2D eigenvalue weighted by Crippen LogP contribution is 2.39. The van der Waals surface area contributed by atoms with Crippen LogP contribution in [0.4, 0.5) is 0 Å². The molecule has 28 heavy (non-hydrogen) atoms. The van der Waals surface area contributed by atoms with E-state index in [0.717, 1.165) is 51.5 Å². The SMILES string of the molecule is CN(C)C1CCC(Oc2ncnc3sc4ccc(-c5ncco5)cc4c23)CC1. The molecule has 0 saturated heterocycles. The molecule has 0 radical (unpaired) electrons. The van der Waals surface area contributed by atoms with Crippen molar-refractivity contribution in [2.24, 2.45) is 0 Å². The first kappa shape index (κ1) is 17.6. The topological polar surface area (TPSA) is 64.3 Å². The predicted molar refractivity (Wildman–Crippen MR) is 111 cm³/mol. The van der Waals surface area contributed by atoms with Crippen LogP contribution in [-0.4, -0.2) is 46.1 Å². The summed E-state index contributed by atoms with van der Waals surface area (Å²) in [6.07, 6.45) is 9.48. The lowest BCUT2D eigenvalue weighted by Gasteiger charge is -2.32. The van der Waals surface area contributed by atoms with E-state index in [1.54, 1.807) is 30.1 Å². The van der Waals surface area contributed by atoms with Crippen LogP contribution in [0.1, 0.15) is 25.7 Å². The Hall–Kier alpha value is -2.51. The third-order valence-electron chi connectivity index (χ3n) is 5.56. The Bertz CT molecular complexity index is 1100. The van der Waals surface area contributed by atoms with Crippen molar-refractivity contribution in [3.63, 3.8) is 0 Å². The Kier molecular flexibility index (Phi) is 4.49. The fraction of sp³-hybridized carbons (Fsp3) is 0.381. The van der Waals surface area contributed by atoms with Crippen molar-refractivity contribution < 1.29 is 9.15 Å². The van der Waals surface area contributed by atoms with E-state index < -0.39 is 0 Å². The van der Waals surface area contributed by atoms with Gasteiger partial charge < -0.3 is 14.1 Å². The van der Waals surface area contributed by atoms with Crippen molar-refractivity contribution >= 4 is 31.6 Å². The molecule has 1 aliphatic carbocycles. The van der Waals surface area contributed by atoms with Gasteiger partial charge in [0.2, 0.25) is 11.8 Å². The van der Waals surface area contributed by atoms with Gasteiger partial charge in [0.1, 0.15) is 23.5 Å². The molecule has 0 unspecified atom stereocenters. The average Bonchev–Trinajstić information content (AvgIpc) is 3.36. The molecule has 5 rings (SSSR count). The summed E-state index contributed by atoms with van der Waals surface area (Å²) in [4.78, 5) is 16.5. The summed E-state index contributed by atoms with van der Waals surface area (Å²) >= 11 is 1.66. The Morgan fingerprint density at radius 3 is 2.71 bits per heavy atom. The van der Waals surface area contributed by atoms with Crippen molar-refractivity contribution in [3.05, 3.63) is 37.0 Å². The van der Waals surface area contributed by atoms with E-state index >= 15 is 0 Å². The van der Waals surface area contributed by atoms with Crippen LogP contribution in [0.25, 0.3) is 31.8 Å². The van der Waals surface area contributed by atoms with E-state index in [4.69, 9.17) is 9.15 Å². The highest BCUT2D eigenvalue weighted by molar-refractivity contribution is 7.25. The summed E-state index contributed by atoms with van der Waals surface area (Å²) in [6.45, 7) is 0. The van der Waals surface area contributed by atoms with E-state index in [2.05, 4.69) is 46.1 Å². The molecule has 1 saturated carbocycles. The molecule has 1 fully saturated rings. The Balaban J connectivity index is 1.50. The van der Waals surface area contributed by atoms with Gasteiger partial charge in [0.05, 0.1) is 11.6 Å². The largest absolute Gasteiger partial charge is 0.474 e. The summed E-state index contributed by atoms with van der Waals surface area (Å²) in [5.41, 5.74) is 0.943. The van der Waals surface area contributed by atoms with E-state index in [0.29, 0.717) is 17.8 Å². The maximum absolute atomic E-state index is 6.39. The Labute approximate surface area is 167 Å². The zero-order valence-electron chi connectivity index (χ0n) is 16.0. The van der Waals surface area contributed by atoms with Crippen molar-refractivity contribution in [2.45, 2.75) is 37.8 Å². The first-order valence-electron chi connectivity index (χ1n) is 9.59. The minimum atomic E-state index is 0.208. The number of hydrogen-bond acceptors (Lipinski definition) is 7. The number of aromatic nitrogens is 3. The van der Waals surface area contributed by atoms with Gasteiger partial charge in [-0.25, -0.2) is 15.0 Å². The van der Waals surface area contributed by atoms with Gasteiger partial charge >= 0.3 is 0 Å². The maximum Gasteiger partial charge on any atom is 0.226 e. The van der Waals surface area contributed by atoms with E-state index in [1.807, 2.05) is 6.07 Å². The fourth-order valence-electron chi connectivity index (χ4n) is 4.01. The van der Waals surface area contributed by atoms with Crippen LogP contribution in [-0.2, 0) is 0 Å². The van der Waals surface area contributed by atoms with E-state index in [-0.39, 0.29) is 6.10 Å². The second-order valence-corrected chi connectivity index (χ2v) is 8.55. The summed E-state index contributed by atoms with van der Waals surface area (Å²) in [5.74, 6) is 1.30. The minimum Gasteiger partial charge on any atom is -0.474 e. The monoisotopic (exact) mass is 394 g/mol. The van der Waals surface area contributed by atoms with Crippen molar-refractivity contribution in [1.29, 1.82) is 0 Å². The molecule has 0 amide bonds. The van der Waals surface area contributed by atoms with E-state index in [9.17, 15) is 0 Å². The van der Waals surface area contributed by atoms with Gasteiger partial charge in [-0.05, 0) is 58.0 Å². The third-order valence-corrected chi connectivity index (χ3v) is 6.64. The van der Waals surface area contributed by atoms with Gasteiger partial charge in [-0.3, -0.25) is 0 Å². The standard InChI is InChI=1S/C21H22N4O2S/c1-25(2)14-4-6-15(7-5-14)27-20-18-16-11-13(19-22-9-10-26-19)3-8-17(16)28-21(18)24-12-23-20/h3,8-12,14-15H,4-7H2,1-2H3. The second kappa shape index (κ2) is 7.14. The molecule has 4 aromatic rings. The van der Waals surface area contributed by atoms with Crippen molar-refractivity contribution in [3.8, 4) is 17.3 Å². The Morgan fingerprint density at radius 2 is 1.96 bits per heavy atom. The van der Waals surface area contributed by atoms with Crippen molar-refractivity contribution in [1.82, 2.24) is 19.9 Å². The van der Waals surface area contributed by atoms with Crippen LogP contribution in [0.3, 0.4) is 0 Å². The Morgan fingerprint density at radius 1 is 1.11 bits per heavy atom. The van der Waals surface area contributed by atoms with Gasteiger partial charge in [-0.15, -0.1) is 11.3 Å². The van der Waals surface area contributed by atoms with Crippen LogP contribution >= 0.6 is 11.3 Å². The number of benzene rings is 1. The molecule has 3 heterocycles. The number of nitrogens with zero attached hydrogens (tertiary/aromatic N) is 4.